The van der Waals surface area contributed by atoms with Crippen LogP contribution in [0, 0.1) is 0 Å². The van der Waals surface area contributed by atoms with Gasteiger partial charge in [0.05, 0.1) is 12.6 Å². The maximum absolute atomic E-state index is 12.8. The molecule has 0 aliphatic carbocycles. The molecule has 1 saturated heterocycles. The molecule has 158 valence electrons. The smallest absolute Gasteiger partial charge is 0.258 e. The summed E-state index contributed by atoms with van der Waals surface area (Å²) in [5.41, 5.74) is 2.58. The number of benzene rings is 2. The number of aliphatic imine (C=N–C) groups is 1. The van der Waals surface area contributed by atoms with Gasteiger partial charge < -0.3 is 19.5 Å². The Morgan fingerprint density at radius 2 is 1.93 bits per heavy atom. The molecule has 0 aromatic heterocycles. The van der Waals surface area contributed by atoms with Crippen LogP contribution in [-0.4, -0.2) is 37.9 Å². The first-order valence-corrected chi connectivity index (χ1v) is 10.3. The van der Waals surface area contributed by atoms with Crippen LogP contribution in [0.25, 0.3) is 0 Å². The van der Waals surface area contributed by atoms with Gasteiger partial charge in [0, 0.05) is 17.9 Å². The first-order valence-electron chi connectivity index (χ1n) is 10.3. The van der Waals surface area contributed by atoms with E-state index in [0.29, 0.717) is 35.5 Å². The average molecular weight is 409 g/mol. The van der Waals surface area contributed by atoms with E-state index >= 15 is 0 Å². The van der Waals surface area contributed by atoms with Gasteiger partial charge in [0.2, 0.25) is 12.8 Å². The van der Waals surface area contributed by atoms with Gasteiger partial charge >= 0.3 is 0 Å². The number of hydrogen-bond donors (Lipinski definition) is 2. The van der Waals surface area contributed by atoms with Crippen molar-refractivity contribution in [1.29, 1.82) is 0 Å². The zero-order valence-electron chi connectivity index (χ0n) is 17.3. The van der Waals surface area contributed by atoms with E-state index < -0.39 is 0 Å². The van der Waals surface area contributed by atoms with Crippen LogP contribution in [0.3, 0.4) is 0 Å². The fourth-order valence-corrected chi connectivity index (χ4v) is 3.40. The van der Waals surface area contributed by atoms with E-state index in [-0.39, 0.29) is 18.8 Å². The number of rotatable bonds is 5. The van der Waals surface area contributed by atoms with Gasteiger partial charge in [-0.2, -0.15) is 0 Å². The van der Waals surface area contributed by atoms with E-state index in [9.17, 15) is 4.79 Å². The molecule has 1 amide bonds. The fourth-order valence-electron chi connectivity index (χ4n) is 3.40. The van der Waals surface area contributed by atoms with Crippen molar-refractivity contribution in [3.05, 3.63) is 53.6 Å². The van der Waals surface area contributed by atoms with Crippen molar-refractivity contribution in [2.45, 2.75) is 38.7 Å². The van der Waals surface area contributed by atoms with Crippen LogP contribution in [-0.2, 0) is 4.74 Å². The Morgan fingerprint density at radius 1 is 1.13 bits per heavy atom. The SMILES string of the molecule is CC(C)c1ccc(NC(=NC[C@H]2CCCO2)NC(=O)c2ccc3c(c2)OCO3)cc1. The molecule has 2 aliphatic heterocycles. The number of guanidine groups is 1. The predicted molar refractivity (Wildman–Crippen MR) is 115 cm³/mol. The van der Waals surface area contributed by atoms with E-state index in [1.807, 2.05) is 12.1 Å². The Balaban J connectivity index is 1.49. The molecule has 2 aromatic carbocycles. The van der Waals surface area contributed by atoms with Crippen LogP contribution in [0.5, 0.6) is 11.5 Å². The first kappa shape index (κ1) is 20.2. The fraction of sp³-hybridized carbons (Fsp3) is 0.391. The number of anilines is 1. The molecular weight excluding hydrogens is 382 g/mol. The highest BCUT2D eigenvalue weighted by Crippen LogP contribution is 2.32. The number of ether oxygens (including phenoxy) is 3. The number of amides is 1. The second-order valence-corrected chi connectivity index (χ2v) is 7.75. The average Bonchev–Trinajstić information content (AvgIpc) is 3.43. The summed E-state index contributed by atoms with van der Waals surface area (Å²) in [5.74, 6) is 1.79. The number of nitrogens with zero attached hydrogens (tertiary/aromatic N) is 1. The number of fused-ring (bicyclic) bond motifs is 1. The lowest BCUT2D eigenvalue weighted by molar-refractivity contribution is 0.0975. The van der Waals surface area contributed by atoms with Crippen LogP contribution in [0.4, 0.5) is 5.69 Å². The molecular formula is C23H27N3O4. The molecule has 7 heteroatoms. The minimum Gasteiger partial charge on any atom is -0.454 e. The third-order valence-electron chi connectivity index (χ3n) is 5.18. The van der Waals surface area contributed by atoms with Crippen LogP contribution in [0.1, 0.15) is 48.5 Å². The van der Waals surface area contributed by atoms with Crippen LogP contribution in [0.2, 0.25) is 0 Å². The molecule has 2 N–H and O–H groups in total. The summed E-state index contributed by atoms with van der Waals surface area (Å²) in [7, 11) is 0. The van der Waals surface area contributed by atoms with Gasteiger partial charge in [-0.1, -0.05) is 26.0 Å². The number of carbonyl (C=O) groups is 1. The maximum Gasteiger partial charge on any atom is 0.258 e. The van der Waals surface area contributed by atoms with E-state index in [0.717, 1.165) is 25.1 Å². The highest BCUT2D eigenvalue weighted by molar-refractivity contribution is 6.10. The molecule has 1 fully saturated rings. The number of nitrogens with one attached hydrogen (secondary N) is 2. The highest BCUT2D eigenvalue weighted by atomic mass is 16.7. The highest BCUT2D eigenvalue weighted by Gasteiger charge is 2.18. The zero-order valence-corrected chi connectivity index (χ0v) is 17.3. The minimum atomic E-state index is -0.273. The monoisotopic (exact) mass is 409 g/mol. The molecule has 0 radical (unpaired) electrons. The zero-order chi connectivity index (χ0) is 20.9. The van der Waals surface area contributed by atoms with Crippen LogP contribution in [0.15, 0.2) is 47.5 Å². The maximum atomic E-state index is 12.8. The quantitative estimate of drug-likeness (QED) is 0.578. The van der Waals surface area contributed by atoms with Crippen molar-refractivity contribution in [3.63, 3.8) is 0 Å². The van der Waals surface area contributed by atoms with Crippen molar-refractivity contribution in [1.82, 2.24) is 5.32 Å². The molecule has 1 atom stereocenters. The van der Waals surface area contributed by atoms with Gasteiger partial charge in [-0.3, -0.25) is 10.1 Å². The van der Waals surface area contributed by atoms with Crippen LogP contribution >= 0.6 is 0 Å². The molecule has 7 nitrogen and oxygen atoms in total. The van der Waals surface area contributed by atoms with Crippen LogP contribution < -0.4 is 20.1 Å². The molecule has 30 heavy (non-hydrogen) atoms. The molecule has 4 rings (SSSR count). The molecule has 0 saturated carbocycles. The van der Waals surface area contributed by atoms with Gasteiger partial charge in [-0.15, -0.1) is 0 Å². The molecule has 0 bridgehead atoms. The lowest BCUT2D eigenvalue weighted by atomic mass is 10.0. The summed E-state index contributed by atoms with van der Waals surface area (Å²) >= 11 is 0. The Kier molecular flexibility index (Phi) is 6.18. The summed E-state index contributed by atoms with van der Waals surface area (Å²) in [6, 6.07) is 13.2. The predicted octanol–water partition coefficient (Wildman–Crippen LogP) is 3.92. The van der Waals surface area contributed by atoms with E-state index in [1.54, 1.807) is 18.2 Å². The van der Waals surface area contributed by atoms with Gasteiger partial charge in [-0.25, -0.2) is 4.99 Å². The summed E-state index contributed by atoms with van der Waals surface area (Å²) in [5, 5.41) is 6.11. The Bertz CT molecular complexity index is 919. The lowest BCUT2D eigenvalue weighted by Crippen LogP contribution is -2.36. The molecule has 2 aliphatic rings. The molecule has 2 heterocycles. The van der Waals surface area contributed by atoms with Gasteiger partial charge in [0.1, 0.15) is 0 Å². The van der Waals surface area contributed by atoms with Crippen molar-refractivity contribution in [3.8, 4) is 11.5 Å². The number of carbonyl (C=O) groups excluding carboxylic acids is 1. The van der Waals surface area contributed by atoms with Crippen molar-refractivity contribution >= 4 is 17.6 Å². The van der Waals surface area contributed by atoms with E-state index in [2.05, 4.69) is 41.6 Å². The van der Waals surface area contributed by atoms with Crippen molar-refractivity contribution in [2.75, 3.05) is 25.3 Å². The summed E-state index contributed by atoms with van der Waals surface area (Å²) < 4.78 is 16.3. The third kappa shape index (κ3) is 4.91. The third-order valence-corrected chi connectivity index (χ3v) is 5.18. The molecule has 0 unspecified atom stereocenters. The minimum absolute atomic E-state index is 0.0903. The normalized spacial score (nSPS) is 18.0. The van der Waals surface area contributed by atoms with E-state index in [4.69, 9.17) is 14.2 Å². The van der Waals surface area contributed by atoms with E-state index in [1.165, 1.54) is 5.56 Å². The standard InChI is InChI=1S/C23H27N3O4/c1-15(2)16-5-8-18(9-6-16)25-23(24-13-19-4-3-11-28-19)26-22(27)17-7-10-20-21(12-17)30-14-29-20/h5-10,12,15,19H,3-4,11,13-14H2,1-2H3,(H2,24,25,26,27)/t19-/m1/s1. The van der Waals surface area contributed by atoms with Gasteiger partial charge in [-0.05, 0) is 54.7 Å². The van der Waals surface area contributed by atoms with Gasteiger partial charge in [0.25, 0.3) is 5.91 Å². The Morgan fingerprint density at radius 3 is 2.67 bits per heavy atom. The lowest BCUT2D eigenvalue weighted by Gasteiger charge is -2.14. The topological polar surface area (TPSA) is 81.2 Å². The summed E-state index contributed by atoms with van der Waals surface area (Å²) in [6.07, 6.45) is 2.12. The van der Waals surface area contributed by atoms with Gasteiger partial charge in [0.15, 0.2) is 11.5 Å². The molecule has 2 aromatic rings. The second kappa shape index (κ2) is 9.17. The first-order chi connectivity index (χ1) is 14.6. The largest absolute Gasteiger partial charge is 0.454 e. The summed E-state index contributed by atoms with van der Waals surface area (Å²) in [6.45, 7) is 5.74. The van der Waals surface area contributed by atoms with Crippen molar-refractivity contribution in [2.24, 2.45) is 4.99 Å². The number of hydrogen-bond acceptors (Lipinski definition) is 5. The van der Waals surface area contributed by atoms with Crippen molar-refractivity contribution < 1.29 is 19.0 Å². The second-order valence-electron chi connectivity index (χ2n) is 7.75. The Labute approximate surface area is 176 Å². The molecule has 0 spiro atoms. The Hall–Kier alpha value is -3.06. The summed E-state index contributed by atoms with van der Waals surface area (Å²) in [4.78, 5) is 17.4.